The van der Waals surface area contributed by atoms with Crippen LogP contribution in [0.1, 0.15) is 56.8 Å². The van der Waals surface area contributed by atoms with Crippen LogP contribution in [-0.2, 0) is 0 Å². The van der Waals surface area contributed by atoms with E-state index in [1.807, 2.05) is 30.3 Å². The minimum absolute atomic E-state index is 0.143. The maximum atomic E-state index is 14.9. The van der Waals surface area contributed by atoms with E-state index in [0.717, 1.165) is 55.6 Å². The third-order valence-corrected chi connectivity index (χ3v) is 7.12. The average molecular weight is 485 g/mol. The van der Waals surface area contributed by atoms with Crippen LogP contribution in [0.25, 0.3) is 11.1 Å². The molecule has 0 radical (unpaired) electrons. The minimum atomic E-state index is -1.16. The van der Waals surface area contributed by atoms with Crippen molar-refractivity contribution >= 4 is 5.91 Å². The Kier molecular flexibility index (Phi) is 8.10. The summed E-state index contributed by atoms with van der Waals surface area (Å²) in [6.07, 6.45) is 4.10. The number of alkyl halides is 1. The zero-order valence-corrected chi connectivity index (χ0v) is 21.2. The van der Waals surface area contributed by atoms with Gasteiger partial charge in [-0.3, -0.25) is 4.79 Å². The number of rotatable bonds is 7. The minimum Gasteiger partial charge on any atom is -0.493 e. The highest BCUT2D eigenvalue weighted by atomic mass is 19.1. The molecule has 190 valence electrons. The molecule has 0 bridgehead atoms. The third-order valence-electron chi connectivity index (χ3n) is 7.12. The Balaban J connectivity index is 1.30. The lowest BCUT2D eigenvalue weighted by molar-refractivity contribution is 0.0678. The van der Waals surface area contributed by atoms with Crippen LogP contribution in [0.15, 0.2) is 42.5 Å². The van der Waals surface area contributed by atoms with E-state index >= 15 is 0 Å². The second-order valence-electron chi connectivity index (χ2n) is 11.0. The molecular formula is C29H38F2N2O2. The van der Waals surface area contributed by atoms with Crippen LogP contribution in [0, 0.1) is 17.7 Å². The third kappa shape index (κ3) is 7.03. The largest absolute Gasteiger partial charge is 0.493 e. The van der Waals surface area contributed by atoms with Crippen LogP contribution in [0.5, 0.6) is 5.75 Å². The van der Waals surface area contributed by atoms with Crippen LogP contribution in [0.4, 0.5) is 8.78 Å². The Morgan fingerprint density at radius 1 is 1.03 bits per heavy atom. The Bertz CT molecular complexity index is 995. The lowest BCUT2D eigenvalue weighted by Crippen LogP contribution is -2.41. The second kappa shape index (κ2) is 11.1. The molecule has 2 aromatic carbocycles. The van der Waals surface area contributed by atoms with E-state index in [1.54, 1.807) is 24.8 Å². The monoisotopic (exact) mass is 484 g/mol. The van der Waals surface area contributed by atoms with Gasteiger partial charge in [0.15, 0.2) is 0 Å². The Labute approximate surface area is 208 Å². The van der Waals surface area contributed by atoms with E-state index < -0.39 is 11.5 Å². The van der Waals surface area contributed by atoms with Crippen molar-refractivity contribution in [3.63, 3.8) is 0 Å². The van der Waals surface area contributed by atoms with Crippen LogP contribution in [0.3, 0.4) is 0 Å². The first-order valence-corrected chi connectivity index (χ1v) is 12.9. The van der Waals surface area contributed by atoms with E-state index in [1.165, 1.54) is 6.07 Å². The van der Waals surface area contributed by atoms with Gasteiger partial charge < -0.3 is 14.5 Å². The van der Waals surface area contributed by atoms with Gasteiger partial charge in [0.25, 0.3) is 5.91 Å². The fraction of sp³-hybridized carbons (Fsp3) is 0.552. The van der Waals surface area contributed by atoms with Crippen molar-refractivity contribution in [2.75, 3.05) is 39.3 Å². The van der Waals surface area contributed by atoms with Crippen molar-refractivity contribution in [1.82, 2.24) is 9.80 Å². The molecular weight excluding hydrogens is 446 g/mol. The van der Waals surface area contributed by atoms with Crippen LogP contribution >= 0.6 is 0 Å². The van der Waals surface area contributed by atoms with E-state index in [2.05, 4.69) is 11.8 Å². The maximum Gasteiger partial charge on any atom is 0.256 e. The fourth-order valence-corrected chi connectivity index (χ4v) is 5.21. The molecule has 2 aromatic rings. The number of hydrogen-bond donors (Lipinski definition) is 0. The molecule has 0 aromatic heterocycles. The van der Waals surface area contributed by atoms with Gasteiger partial charge >= 0.3 is 0 Å². The maximum absolute atomic E-state index is 14.9. The number of nitrogens with zero attached hydrogens (tertiary/aromatic N) is 2. The van der Waals surface area contributed by atoms with E-state index in [9.17, 15) is 13.6 Å². The van der Waals surface area contributed by atoms with E-state index in [-0.39, 0.29) is 11.5 Å². The SMILES string of the molecule is CC1CCCN(C(=O)c2ccc(-c3ccc(OCC4CCN(CC(C)(C)F)CC4)cc3)cc2F)C1. The van der Waals surface area contributed by atoms with Gasteiger partial charge in [-0.15, -0.1) is 0 Å². The van der Waals surface area contributed by atoms with E-state index in [4.69, 9.17) is 4.74 Å². The number of carbonyl (C=O) groups is 1. The summed E-state index contributed by atoms with van der Waals surface area (Å²) in [5.74, 6) is 1.01. The number of hydrogen-bond acceptors (Lipinski definition) is 3. The average Bonchev–Trinajstić information content (AvgIpc) is 2.82. The Morgan fingerprint density at radius 3 is 2.34 bits per heavy atom. The molecule has 0 saturated carbocycles. The zero-order chi connectivity index (χ0) is 25.0. The van der Waals surface area contributed by atoms with Gasteiger partial charge in [0.1, 0.15) is 17.2 Å². The van der Waals surface area contributed by atoms with Crippen molar-refractivity contribution in [2.45, 2.75) is 52.1 Å². The van der Waals surface area contributed by atoms with Gasteiger partial charge in [-0.2, -0.15) is 0 Å². The van der Waals surface area contributed by atoms with Crippen LogP contribution in [-0.4, -0.2) is 60.7 Å². The van der Waals surface area contributed by atoms with Gasteiger partial charge in [-0.1, -0.05) is 25.1 Å². The number of piperidine rings is 2. The molecule has 2 aliphatic rings. The summed E-state index contributed by atoms with van der Waals surface area (Å²) in [7, 11) is 0. The molecule has 1 atom stereocenters. The fourth-order valence-electron chi connectivity index (χ4n) is 5.21. The molecule has 2 aliphatic heterocycles. The summed E-state index contributed by atoms with van der Waals surface area (Å²) >= 11 is 0. The molecule has 2 saturated heterocycles. The molecule has 0 spiro atoms. The van der Waals surface area contributed by atoms with Gasteiger partial charge in [-0.25, -0.2) is 8.78 Å². The lowest BCUT2D eigenvalue weighted by Gasteiger charge is -2.34. The van der Waals surface area contributed by atoms with Gasteiger partial charge in [0.2, 0.25) is 0 Å². The van der Waals surface area contributed by atoms with Gasteiger partial charge in [-0.05, 0) is 99.8 Å². The molecule has 4 nitrogen and oxygen atoms in total. The Hall–Kier alpha value is -2.47. The lowest BCUT2D eigenvalue weighted by atomic mass is 9.97. The Morgan fingerprint density at radius 2 is 1.71 bits per heavy atom. The van der Waals surface area contributed by atoms with Crippen molar-refractivity contribution in [3.05, 3.63) is 53.8 Å². The molecule has 2 fully saturated rings. The van der Waals surface area contributed by atoms with Crippen molar-refractivity contribution in [1.29, 1.82) is 0 Å². The zero-order valence-electron chi connectivity index (χ0n) is 21.2. The first-order valence-electron chi connectivity index (χ1n) is 12.9. The summed E-state index contributed by atoms with van der Waals surface area (Å²) in [5, 5.41) is 0. The summed E-state index contributed by atoms with van der Waals surface area (Å²) in [5.41, 5.74) is 0.601. The normalized spacial score (nSPS) is 20.1. The number of benzene rings is 2. The highest BCUT2D eigenvalue weighted by Crippen LogP contribution is 2.27. The molecule has 1 unspecified atom stereocenters. The molecule has 2 heterocycles. The number of likely N-dealkylation sites (tertiary alicyclic amines) is 2. The van der Waals surface area contributed by atoms with Gasteiger partial charge in [0.05, 0.1) is 12.2 Å². The van der Waals surface area contributed by atoms with Crippen LogP contribution in [0.2, 0.25) is 0 Å². The second-order valence-corrected chi connectivity index (χ2v) is 11.0. The van der Waals surface area contributed by atoms with Crippen molar-refractivity contribution in [3.8, 4) is 16.9 Å². The quantitative estimate of drug-likeness (QED) is 0.469. The summed E-state index contributed by atoms with van der Waals surface area (Å²) < 4.78 is 34.7. The molecule has 4 rings (SSSR count). The molecule has 0 aliphatic carbocycles. The summed E-state index contributed by atoms with van der Waals surface area (Å²) in [6.45, 7) is 9.71. The molecule has 35 heavy (non-hydrogen) atoms. The predicted molar refractivity (Wildman–Crippen MR) is 136 cm³/mol. The van der Waals surface area contributed by atoms with E-state index in [0.29, 0.717) is 38.1 Å². The summed E-state index contributed by atoms with van der Waals surface area (Å²) in [4.78, 5) is 16.7. The summed E-state index contributed by atoms with van der Waals surface area (Å²) in [6, 6.07) is 12.5. The number of amides is 1. The number of carbonyl (C=O) groups excluding carboxylic acids is 1. The number of halogens is 2. The number of ether oxygens (including phenoxy) is 1. The van der Waals surface area contributed by atoms with Crippen molar-refractivity contribution in [2.24, 2.45) is 11.8 Å². The van der Waals surface area contributed by atoms with Crippen LogP contribution < -0.4 is 4.74 Å². The molecule has 6 heteroatoms. The predicted octanol–water partition coefficient (Wildman–Crippen LogP) is 6.20. The molecule has 1 amide bonds. The highest BCUT2D eigenvalue weighted by Gasteiger charge is 2.26. The topological polar surface area (TPSA) is 32.8 Å². The first kappa shape index (κ1) is 25.6. The smallest absolute Gasteiger partial charge is 0.256 e. The standard InChI is InChI=1S/C29H38F2N2O2/c1-21-5-4-14-33(18-21)28(34)26-11-8-24(17-27(26)30)23-6-9-25(10-7-23)35-19-22-12-15-32(16-13-22)20-29(2,3)31/h6-11,17,21-22H,4-5,12-16,18-20H2,1-3H3. The highest BCUT2D eigenvalue weighted by molar-refractivity contribution is 5.95. The first-order chi connectivity index (χ1) is 16.7. The molecule has 0 N–H and O–H groups in total. The van der Waals surface area contributed by atoms with Crippen molar-refractivity contribution < 1.29 is 18.3 Å². The van der Waals surface area contributed by atoms with Gasteiger partial charge in [0, 0.05) is 19.6 Å².